The number of hydrogen-bond acceptors (Lipinski definition) is 1. The van der Waals surface area contributed by atoms with Gasteiger partial charge in [-0.15, -0.1) is 0 Å². The molecule has 0 aromatic heterocycles. The van der Waals surface area contributed by atoms with Crippen LogP contribution in [0.1, 0.15) is 44.1 Å². The molecule has 94 valence electrons. The summed E-state index contributed by atoms with van der Waals surface area (Å²) < 4.78 is 0. The number of nitrogens with one attached hydrogen (secondary N) is 1. The van der Waals surface area contributed by atoms with E-state index < -0.39 is 0 Å². The minimum Gasteiger partial charge on any atom is -0.317 e. The van der Waals surface area contributed by atoms with E-state index in [1.54, 1.807) is 0 Å². The molecule has 0 bridgehead atoms. The first kappa shape index (κ1) is 12.9. The number of rotatable bonds is 4. The molecule has 1 nitrogen and oxygen atoms in total. The Hall–Kier alpha value is -0.530. The highest BCUT2D eigenvalue weighted by Gasteiger charge is 2.25. The summed E-state index contributed by atoms with van der Waals surface area (Å²) in [7, 11) is 0. The normalized spacial score (nSPS) is 24.8. The molecule has 2 heteroatoms. The molecule has 2 rings (SSSR count). The van der Waals surface area contributed by atoms with E-state index in [-0.39, 0.29) is 0 Å². The van der Waals surface area contributed by atoms with Crippen LogP contribution in [0.2, 0.25) is 5.02 Å². The van der Waals surface area contributed by atoms with Crippen LogP contribution in [0.15, 0.2) is 24.3 Å². The average molecular weight is 252 g/mol. The monoisotopic (exact) mass is 251 g/mol. The average Bonchev–Trinajstić information content (AvgIpc) is 2.38. The standard InChI is InChI=1S/C15H22ClN/c1-2-17-11-13-5-3-4-6-15(13)12-7-9-14(16)10-8-12/h7-10,13,15,17H,2-6,11H2,1H3. The fraction of sp³-hybridized carbons (Fsp3) is 0.600. The lowest BCUT2D eigenvalue weighted by Crippen LogP contribution is -2.29. The molecule has 0 aliphatic heterocycles. The highest BCUT2D eigenvalue weighted by Crippen LogP contribution is 2.37. The number of benzene rings is 1. The van der Waals surface area contributed by atoms with E-state index in [1.165, 1.54) is 31.2 Å². The summed E-state index contributed by atoms with van der Waals surface area (Å²) in [4.78, 5) is 0. The smallest absolute Gasteiger partial charge is 0.0406 e. The van der Waals surface area contributed by atoms with Crippen LogP contribution in [-0.4, -0.2) is 13.1 Å². The maximum absolute atomic E-state index is 5.96. The Kier molecular flexibility index (Phi) is 4.87. The van der Waals surface area contributed by atoms with Crippen molar-refractivity contribution in [2.75, 3.05) is 13.1 Å². The van der Waals surface area contributed by atoms with Gasteiger partial charge in [0, 0.05) is 5.02 Å². The fourth-order valence-corrected chi connectivity index (χ4v) is 3.06. The van der Waals surface area contributed by atoms with E-state index in [0.717, 1.165) is 29.9 Å². The van der Waals surface area contributed by atoms with Crippen LogP contribution in [0, 0.1) is 5.92 Å². The molecule has 1 aromatic carbocycles. The largest absolute Gasteiger partial charge is 0.317 e. The van der Waals surface area contributed by atoms with Crippen molar-refractivity contribution in [1.29, 1.82) is 0 Å². The predicted octanol–water partition coefficient (Wildman–Crippen LogP) is 4.22. The Labute approximate surface area is 110 Å². The van der Waals surface area contributed by atoms with Gasteiger partial charge in [0.15, 0.2) is 0 Å². The molecule has 2 unspecified atom stereocenters. The highest BCUT2D eigenvalue weighted by molar-refractivity contribution is 6.30. The Morgan fingerprint density at radius 3 is 2.59 bits per heavy atom. The molecule has 0 spiro atoms. The molecular weight excluding hydrogens is 230 g/mol. The molecule has 1 aromatic rings. The van der Waals surface area contributed by atoms with E-state index in [2.05, 4.69) is 24.4 Å². The topological polar surface area (TPSA) is 12.0 Å². The third-order valence-corrected chi connectivity index (χ3v) is 4.12. The van der Waals surface area contributed by atoms with Crippen molar-refractivity contribution in [2.24, 2.45) is 5.92 Å². The first-order valence-electron chi connectivity index (χ1n) is 6.77. The minimum atomic E-state index is 0.722. The van der Waals surface area contributed by atoms with E-state index in [9.17, 15) is 0 Å². The lowest BCUT2D eigenvalue weighted by Gasteiger charge is -2.32. The van der Waals surface area contributed by atoms with Gasteiger partial charge in [-0.2, -0.15) is 0 Å². The van der Waals surface area contributed by atoms with E-state index in [0.29, 0.717) is 0 Å². The molecule has 0 amide bonds. The second kappa shape index (κ2) is 6.42. The molecule has 1 N–H and O–H groups in total. The molecule has 1 aliphatic carbocycles. The van der Waals surface area contributed by atoms with Crippen molar-refractivity contribution < 1.29 is 0 Å². The summed E-state index contributed by atoms with van der Waals surface area (Å²) >= 11 is 5.96. The molecule has 2 atom stereocenters. The molecule has 0 saturated heterocycles. The van der Waals surface area contributed by atoms with Crippen molar-refractivity contribution >= 4 is 11.6 Å². The first-order chi connectivity index (χ1) is 8.31. The Balaban J connectivity index is 2.07. The van der Waals surface area contributed by atoms with Crippen LogP contribution in [0.3, 0.4) is 0 Å². The van der Waals surface area contributed by atoms with Crippen molar-refractivity contribution in [2.45, 2.75) is 38.5 Å². The zero-order valence-electron chi connectivity index (χ0n) is 10.6. The van der Waals surface area contributed by atoms with Gasteiger partial charge in [0.1, 0.15) is 0 Å². The Morgan fingerprint density at radius 2 is 1.88 bits per heavy atom. The zero-order valence-corrected chi connectivity index (χ0v) is 11.3. The third-order valence-electron chi connectivity index (χ3n) is 3.86. The van der Waals surface area contributed by atoms with Crippen LogP contribution in [0.4, 0.5) is 0 Å². The summed E-state index contributed by atoms with van der Waals surface area (Å²) in [5.74, 6) is 1.52. The number of halogens is 1. The van der Waals surface area contributed by atoms with E-state index in [4.69, 9.17) is 11.6 Å². The van der Waals surface area contributed by atoms with Gasteiger partial charge < -0.3 is 5.32 Å². The maximum atomic E-state index is 5.96. The predicted molar refractivity (Wildman–Crippen MR) is 74.7 cm³/mol. The quantitative estimate of drug-likeness (QED) is 0.845. The molecule has 1 aliphatic rings. The van der Waals surface area contributed by atoms with Gasteiger partial charge in [0.05, 0.1) is 0 Å². The van der Waals surface area contributed by atoms with Gasteiger partial charge in [-0.25, -0.2) is 0 Å². The first-order valence-corrected chi connectivity index (χ1v) is 7.15. The van der Waals surface area contributed by atoms with Gasteiger partial charge >= 0.3 is 0 Å². The van der Waals surface area contributed by atoms with E-state index in [1.807, 2.05) is 12.1 Å². The summed E-state index contributed by atoms with van der Waals surface area (Å²) in [6, 6.07) is 8.46. The lowest BCUT2D eigenvalue weighted by molar-refractivity contribution is 0.297. The van der Waals surface area contributed by atoms with Gasteiger partial charge in [-0.05, 0) is 55.5 Å². The van der Waals surface area contributed by atoms with Crippen LogP contribution >= 0.6 is 11.6 Å². The Morgan fingerprint density at radius 1 is 1.18 bits per heavy atom. The van der Waals surface area contributed by atoms with Crippen molar-refractivity contribution in [3.05, 3.63) is 34.9 Å². The van der Waals surface area contributed by atoms with Gasteiger partial charge in [-0.1, -0.05) is 43.5 Å². The third kappa shape index (κ3) is 3.46. The summed E-state index contributed by atoms with van der Waals surface area (Å²) in [6.07, 6.45) is 5.45. The van der Waals surface area contributed by atoms with Gasteiger partial charge in [0.25, 0.3) is 0 Å². The van der Waals surface area contributed by atoms with Crippen LogP contribution < -0.4 is 5.32 Å². The summed E-state index contributed by atoms with van der Waals surface area (Å²) in [5.41, 5.74) is 1.47. The van der Waals surface area contributed by atoms with Crippen LogP contribution in [0.5, 0.6) is 0 Å². The van der Waals surface area contributed by atoms with Crippen LogP contribution in [0.25, 0.3) is 0 Å². The molecule has 17 heavy (non-hydrogen) atoms. The highest BCUT2D eigenvalue weighted by atomic mass is 35.5. The minimum absolute atomic E-state index is 0.722. The fourth-order valence-electron chi connectivity index (χ4n) is 2.93. The lowest BCUT2D eigenvalue weighted by atomic mass is 9.75. The molecule has 0 heterocycles. The van der Waals surface area contributed by atoms with Crippen molar-refractivity contribution in [3.8, 4) is 0 Å². The summed E-state index contributed by atoms with van der Waals surface area (Å²) in [6.45, 7) is 4.41. The van der Waals surface area contributed by atoms with Crippen molar-refractivity contribution in [1.82, 2.24) is 5.32 Å². The van der Waals surface area contributed by atoms with Crippen molar-refractivity contribution in [3.63, 3.8) is 0 Å². The second-order valence-corrected chi connectivity index (χ2v) is 5.45. The zero-order chi connectivity index (χ0) is 12.1. The molecule has 1 fully saturated rings. The molecule has 1 saturated carbocycles. The second-order valence-electron chi connectivity index (χ2n) is 5.01. The maximum Gasteiger partial charge on any atom is 0.0406 e. The van der Waals surface area contributed by atoms with Gasteiger partial charge in [0.2, 0.25) is 0 Å². The van der Waals surface area contributed by atoms with E-state index >= 15 is 0 Å². The molecular formula is C15H22ClN. The Bertz CT molecular complexity index is 333. The van der Waals surface area contributed by atoms with Crippen LogP contribution in [-0.2, 0) is 0 Å². The molecule has 0 radical (unpaired) electrons. The number of hydrogen-bond donors (Lipinski definition) is 1. The van der Waals surface area contributed by atoms with Gasteiger partial charge in [-0.3, -0.25) is 0 Å². The SMILES string of the molecule is CCNCC1CCCCC1c1ccc(Cl)cc1. The summed E-state index contributed by atoms with van der Waals surface area (Å²) in [5, 5.41) is 4.34.